The van der Waals surface area contributed by atoms with Gasteiger partial charge in [-0.15, -0.1) is 0 Å². The average Bonchev–Trinajstić information content (AvgIpc) is 3.37. The van der Waals surface area contributed by atoms with Gasteiger partial charge in [-0.25, -0.2) is 4.57 Å². The number of phosphoric acid groups is 1. The molecule has 0 aromatic heterocycles. The molecule has 0 aliphatic rings. The van der Waals surface area contributed by atoms with Gasteiger partial charge in [0.05, 0.1) is 27.7 Å². The largest absolute Gasteiger partial charge is 0.472 e. The monoisotopic (exact) mass is 1070 g/mol. The molecule has 0 bridgehead atoms. The minimum Gasteiger partial charge on any atom is -0.462 e. The number of nitrogens with zero attached hydrogens (tertiary/aromatic N) is 1. The van der Waals surface area contributed by atoms with Gasteiger partial charge in [-0.3, -0.25) is 18.6 Å². The summed E-state index contributed by atoms with van der Waals surface area (Å²) in [6.45, 7) is 4.31. The molecule has 0 fully saturated rings. The molecule has 438 valence electrons. The van der Waals surface area contributed by atoms with E-state index in [1.807, 2.05) is 21.1 Å². The first-order chi connectivity index (χ1) is 36.5. The van der Waals surface area contributed by atoms with Gasteiger partial charge in [0.15, 0.2) is 6.10 Å². The molecule has 1 N–H and O–H groups in total. The van der Waals surface area contributed by atoms with Crippen LogP contribution in [0.3, 0.4) is 0 Å². The zero-order valence-corrected chi connectivity index (χ0v) is 50.7. The van der Waals surface area contributed by atoms with Gasteiger partial charge in [-0.1, -0.05) is 261 Å². The molecule has 0 rings (SSSR count). The minimum absolute atomic E-state index is 0.0317. The molecule has 2 unspecified atom stereocenters. The number of rotatable bonds is 58. The molecule has 0 radical (unpaired) electrons. The van der Waals surface area contributed by atoms with Crippen molar-refractivity contribution >= 4 is 19.8 Å². The molecular weight excluding hydrogens is 954 g/mol. The molecule has 0 saturated carbocycles. The van der Waals surface area contributed by atoms with E-state index in [1.54, 1.807) is 0 Å². The van der Waals surface area contributed by atoms with Crippen LogP contribution in [0.1, 0.15) is 290 Å². The maximum absolute atomic E-state index is 12.8. The molecule has 0 spiro atoms. The average molecular weight is 1080 g/mol. The summed E-state index contributed by atoms with van der Waals surface area (Å²) in [5.74, 6) is -0.797. The Labute approximate surface area is 464 Å². The molecule has 9 nitrogen and oxygen atoms in total. The Balaban J connectivity index is 3.86. The van der Waals surface area contributed by atoms with Crippen molar-refractivity contribution in [3.63, 3.8) is 0 Å². The Morgan fingerprint density at radius 3 is 1.15 bits per heavy atom. The molecule has 0 amide bonds. The van der Waals surface area contributed by atoms with Crippen molar-refractivity contribution in [3.05, 3.63) is 60.8 Å². The van der Waals surface area contributed by atoms with Crippen LogP contribution in [0.5, 0.6) is 0 Å². The summed E-state index contributed by atoms with van der Waals surface area (Å²) in [6.07, 6.45) is 73.4. The van der Waals surface area contributed by atoms with Crippen molar-refractivity contribution in [2.24, 2.45) is 0 Å². The number of esters is 2. The molecule has 0 aromatic rings. The van der Waals surface area contributed by atoms with Crippen LogP contribution in [0.15, 0.2) is 60.8 Å². The first-order valence-electron chi connectivity index (χ1n) is 31.5. The Hall–Kier alpha value is -2.29. The predicted octanol–water partition coefficient (Wildman–Crippen LogP) is 19.9. The molecular formula is C65H121NO8P+. The maximum atomic E-state index is 12.8. The second kappa shape index (κ2) is 56.4. The summed E-state index contributed by atoms with van der Waals surface area (Å²) in [5, 5.41) is 0. The van der Waals surface area contributed by atoms with Crippen LogP contribution in [-0.2, 0) is 32.7 Å². The number of hydrogen-bond donors (Lipinski definition) is 1. The predicted molar refractivity (Wildman–Crippen MR) is 321 cm³/mol. The van der Waals surface area contributed by atoms with Gasteiger partial charge < -0.3 is 18.9 Å². The van der Waals surface area contributed by atoms with Gasteiger partial charge in [0.1, 0.15) is 19.8 Å². The molecule has 2 atom stereocenters. The standard InChI is InChI=1S/C65H120NO8P/c1-6-8-10-12-14-16-18-20-21-22-23-24-25-26-27-28-29-30-31-32-33-34-35-36-37-38-39-40-41-42-43-44-45-46-48-50-52-54-56-58-65(68)74-63(62-73-75(69,70)72-60-59-66(3,4)5)61-71-64(67)57-55-53-51-49-47-19-17-15-13-11-9-7-2/h8,10,14-17,20-21,23-24,63H,6-7,9,11-13,18-19,22,25-62H2,1-5H3/p+1/b10-8-,16-14-,17-15-,21-20-,24-23-. The minimum atomic E-state index is -4.38. The van der Waals surface area contributed by atoms with E-state index in [9.17, 15) is 19.0 Å². The highest BCUT2D eigenvalue weighted by Crippen LogP contribution is 2.43. The van der Waals surface area contributed by atoms with E-state index >= 15 is 0 Å². The van der Waals surface area contributed by atoms with Crippen LogP contribution in [-0.4, -0.2) is 74.9 Å². The van der Waals surface area contributed by atoms with Gasteiger partial charge in [0.2, 0.25) is 0 Å². The third kappa shape index (κ3) is 60.8. The van der Waals surface area contributed by atoms with Crippen molar-refractivity contribution in [1.29, 1.82) is 0 Å². The number of hydrogen-bond acceptors (Lipinski definition) is 7. The van der Waals surface area contributed by atoms with Crippen molar-refractivity contribution in [1.82, 2.24) is 0 Å². The molecule has 0 heterocycles. The number of carbonyl (C=O) groups excluding carboxylic acids is 2. The lowest BCUT2D eigenvalue weighted by Gasteiger charge is -2.24. The van der Waals surface area contributed by atoms with Crippen LogP contribution in [0.2, 0.25) is 0 Å². The summed E-state index contributed by atoms with van der Waals surface area (Å²) >= 11 is 0. The summed E-state index contributed by atoms with van der Waals surface area (Å²) < 4.78 is 34.5. The lowest BCUT2D eigenvalue weighted by Crippen LogP contribution is -2.37. The maximum Gasteiger partial charge on any atom is 0.472 e. The Morgan fingerprint density at radius 1 is 0.427 bits per heavy atom. The van der Waals surface area contributed by atoms with E-state index in [1.165, 1.54) is 180 Å². The second-order valence-corrected chi connectivity index (χ2v) is 23.9. The fraction of sp³-hybridized carbons (Fsp3) is 0.815. The topological polar surface area (TPSA) is 108 Å². The first-order valence-corrected chi connectivity index (χ1v) is 33.0. The third-order valence-electron chi connectivity index (χ3n) is 13.8. The van der Waals surface area contributed by atoms with Gasteiger partial charge in [-0.2, -0.15) is 0 Å². The lowest BCUT2D eigenvalue weighted by molar-refractivity contribution is -0.870. The van der Waals surface area contributed by atoms with Crippen LogP contribution >= 0.6 is 7.82 Å². The Morgan fingerprint density at radius 2 is 0.760 bits per heavy atom. The van der Waals surface area contributed by atoms with E-state index in [0.717, 1.165) is 77.0 Å². The van der Waals surface area contributed by atoms with Crippen molar-refractivity contribution < 1.29 is 42.1 Å². The molecule has 0 aromatic carbocycles. The van der Waals surface area contributed by atoms with Crippen LogP contribution < -0.4 is 0 Å². The fourth-order valence-electron chi connectivity index (χ4n) is 8.95. The zero-order valence-electron chi connectivity index (χ0n) is 49.8. The summed E-state index contributed by atoms with van der Waals surface area (Å²) in [7, 11) is 1.48. The summed E-state index contributed by atoms with van der Waals surface area (Å²) in [5.41, 5.74) is 0. The summed E-state index contributed by atoms with van der Waals surface area (Å²) in [4.78, 5) is 35.6. The van der Waals surface area contributed by atoms with Crippen LogP contribution in [0.4, 0.5) is 0 Å². The lowest BCUT2D eigenvalue weighted by atomic mass is 10.0. The molecule has 75 heavy (non-hydrogen) atoms. The first kappa shape index (κ1) is 72.7. The Bertz CT molecular complexity index is 1450. The van der Waals surface area contributed by atoms with Crippen LogP contribution in [0, 0.1) is 0 Å². The van der Waals surface area contributed by atoms with E-state index in [4.69, 9.17) is 18.5 Å². The fourth-order valence-corrected chi connectivity index (χ4v) is 9.69. The second-order valence-electron chi connectivity index (χ2n) is 22.4. The number of allylic oxidation sites excluding steroid dienone is 10. The molecule has 0 aliphatic carbocycles. The molecule has 0 aliphatic heterocycles. The normalized spacial score (nSPS) is 13.6. The number of quaternary nitrogens is 1. The summed E-state index contributed by atoms with van der Waals surface area (Å²) in [6, 6.07) is 0. The van der Waals surface area contributed by atoms with E-state index in [-0.39, 0.29) is 32.0 Å². The van der Waals surface area contributed by atoms with Crippen molar-refractivity contribution in [2.75, 3.05) is 47.5 Å². The van der Waals surface area contributed by atoms with E-state index in [0.29, 0.717) is 17.4 Å². The highest BCUT2D eigenvalue weighted by molar-refractivity contribution is 7.47. The highest BCUT2D eigenvalue weighted by Gasteiger charge is 2.27. The zero-order chi connectivity index (χ0) is 54.9. The molecule has 10 heteroatoms. The number of unbranched alkanes of at least 4 members (excludes halogenated alkanes) is 34. The highest BCUT2D eigenvalue weighted by atomic mass is 31.2. The Kier molecular flexibility index (Phi) is 54.7. The van der Waals surface area contributed by atoms with Crippen molar-refractivity contribution in [3.8, 4) is 0 Å². The van der Waals surface area contributed by atoms with E-state index in [2.05, 4.69) is 74.6 Å². The van der Waals surface area contributed by atoms with Crippen LogP contribution in [0.25, 0.3) is 0 Å². The smallest absolute Gasteiger partial charge is 0.462 e. The number of likely N-dealkylation sites (N-methyl/N-ethyl adjacent to an activating group) is 1. The van der Waals surface area contributed by atoms with Gasteiger partial charge in [0, 0.05) is 12.8 Å². The van der Waals surface area contributed by atoms with Crippen molar-refractivity contribution in [2.45, 2.75) is 296 Å². The van der Waals surface area contributed by atoms with Gasteiger partial charge in [0.25, 0.3) is 0 Å². The molecule has 0 saturated heterocycles. The van der Waals surface area contributed by atoms with E-state index < -0.39 is 26.5 Å². The number of carbonyl (C=O) groups is 2. The third-order valence-corrected chi connectivity index (χ3v) is 14.8. The van der Waals surface area contributed by atoms with Gasteiger partial charge >= 0.3 is 19.8 Å². The number of ether oxygens (including phenoxy) is 2. The van der Waals surface area contributed by atoms with Gasteiger partial charge in [-0.05, 0) is 77.0 Å². The SMILES string of the molecule is CC/C=C\C/C=C\C/C=C\C/C=C\CCCCCCCCCCCCCCCCCCCCCCCCCCCCC(=O)OC(COC(=O)CCCCCCC/C=C\CCCCC)COP(=O)(O)OCC[N+](C)(C)C. The number of phosphoric ester groups is 1. The quantitative estimate of drug-likeness (QED) is 0.0211.